The minimum atomic E-state index is -2.66. The molecule has 1 N–H and O–H groups in total. The van der Waals surface area contributed by atoms with Crippen molar-refractivity contribution in [1.82, 2.24) is 24.5 Å². The summed E-state index contributed by atoms with van der Waals surface area (Å²) in [6.07, 6.45) is 0.799. The lowest BCUT2D eigenvalue weighted by Gasteiger charge is -2.08. The molecule has 1 fully saturated rings. The summed E-state index contributed by atoms with van der Waals surface area (Å²) in [5.41, 5.74) is 1.63. The van der Waals surface area contributed by atoms with Crippen LogP contribution in [0, 0.1) is 12.7 Å². The monoisotopic (exact) mass is 532 g/mol. The second kappa shape index (κ2) is 8.86. The number of carbonyl (C=O) groups is 1. The Morgan fingerprint density at radius 2 is 2.03 bits per heavy atom. The van der Waals surface area contributed by atoms with Gasteiger partial charge in [-0.15, -0.1) is 0 Å². The Balaban J connectivity index is 1.37. The smallest absolute Gasteiger partial charge is 0.264 e. The van der Waals surface area contributed by atoms with E-state index in [4.69, 9.17) is 0 Å². The zero-order valence-corrected chi connectivity index (χ0v) is 19.7. The number of nitrogens with one attached hydrogen (secondary N) is 1. The summed E-state index contributed by atoms with van der Waals surface area (Å²) >= 11 is 3.35. The molecule has 0 bridgehead atoms. The maximum atomic E-state index is 13.9. The lowest BCUT2D eigenvalue weighted by Crippen LogP contribution is -2.20. The van der Waals surface area contributed by atoms with Crippen LogP contribution in [0.4, 0.5) is 19.0 Å². The van der Waals surface area contributed by atoms with E-state index >= 15 is 0 Å². The summed E-state index contributed by atoms with van der Waals surface area (Å²) < 4.78 is 44.8. The standard InChI is InChI=1S/C23H20BrF3N6O/c1-12-20-15(21(26)27)8-18(13-6-7-13)28-23(20)33(30-12)11-19(34)29-22-16(24)10-32(31-22)9-14-4-2-3-5-17(14)25/h2-5,8,10,13,21H,6-7,9,11H2,1H3,(H,29,31,34). The Morgan fingerprint density at radius 3 is 2.74 bits per heavy atom. The van der Waals surface area contributed by atoms with E-state index in [1.54, 1.807) is 31.3 Å². The van der Waals surface area contributed by atoms with Gasteiger partial charge in [0.1, 0.15) is 12.4 Å². The first kappa shape index (κ1) is 22.6. The number of pyridine rings is 1. The summed E-state index contributed by atoms with van der Waals surface area (Å²) in [4.78, 5) is 17.3. The number of benzene rings is 1. The summed E-state index contributed by atoms with van der Waals surface area (Å²) in [6.45, 7) is 1.59. The number of anilines is 1. The van der Waals surface area contributed by atoms with Crippen molar-refractivity contribution in [2.75, 3.05) is 5.32 Å². The molecule has 11 heteroatoms. The molecule has 1 saturated carbocycles. The Labute approximate surface area is 201 Å². The van der Waals surface area contributed by atoms with Gasteiger partial charge in [-0.05, 0) is 47.8 Å². The molecule has 1 aliphatic rings. The van der Waals surface area contributed by atoms with Crippen molar-refractivity contribution < 1.29 is 18.0 Å². The number of hydrogen-bond donors (Lipinski definition) is 1. The maximum absolute atomic E-state index is 13.9. The van der Waals surface area contributed by atoms with Gasteiger partial charge in [-0.2, -0.15) is 10.2 Å². The third-order valence-corrected chi connectivity index (χ3v) is 6.30. The second-order valence-electron chi connectivity index (χ2n) is 8.32. The molecular formula is C23H20BrF3N6O. The molecule has 0 atom stereocenters. The van der Waals surface area contributed by atoms with Crippen molar-refractivity contribution in [3.05, 3.63) is 69.3 Å². The lowest BCUT2D eigenvalue weighted by molar-refractivity contribution is -0.116. The van der Waals surface area contributed by atoms with Crippen molar-refractivity contribution in [3.63, 3.8) is 0 Å². The third-order valence-electron chi connectivity index (χ3n) is 5.72. The molecule has 34 heavy (non-hydrogen) atoms. The van der Waals surface area contributed by atoms with E-state index < -0.39 is 12.3 Å². The predicted molar refractivity (Wildman–Crippen MR) is 123 cm³/mol. The average Bonchev–Trinajstić information content (AvgIpc) is 3.52. The van der Waals surface area contributed by atoms with Crippen molar-refractivity contribution >= 4 is 38.7 Å². The van der Waals surface area contributed by atoms with Crippen LogP contribution in [0.25, 0.3) is 11.0 Å². The Kier molecular flexibility index (Phi) is 5.88. The molecule has 5 rings (SSSR count). The van der Waals surface area contributed by atoms with Crippen LogP contribution in [-0.2, 0) is 17.9 Å². The third kappa shape index (κ3) is 4.44. The first-order chi connectivity index (χ1) is 16.3. The molecule has 176 valence electrons. The molecule has 7 nitrogen and oxygen atoms in total. The van der Waals surface area contributed by atoms with Crippen LogP contribution in [0.2, 0.25) is 0 Å². The summed E-state index contributed by atoms with van der Waals surface area (Å²) in [7, 11) is 0. The zero-order valence-electron chi connectivity index (χ0n) is 18.1. The fraction of sp³-hybridized carbons (Fsp3) is 0.304. The number of amides is 1. The van der Waals surface area contributed by atoms with Crippen LogP contribution in [0.15, 0.2) is 41.0 Å². The summed E-state index contributed by atoms with van der Waals surface area (Å²) in [5, 5.41) is 11.6. The fourth-order valence-corrected chi connectivity index (χ4v) is 4.36. The van der Waals surface area contributed by atoms with E-state index in [2.05, 4.69) is 36.4 Å². The van der Waals surface area contributed by atoms with E-state index in [0.717, 1.165) is 12.8 Å². The molecule has 3 aromatic heterocycles. The van der Waals surface area contributed by atoms with Gasteiger partial charge < -0.3 is 5.32 Å². The lowest BCUT2D eigenvalue weighted by atomic mass is 10.1. The van der Waals surface area contributed by atoms with Crippen molar-refractivity contribution in [2.45, 2.75) is 45.2 Å². The van der Waals surface area contributed by atoms with Gasteiger partial charge >= 0.3 is 0 Å². The van der Waals surface area contributed by atoms with E-state index in [-0.39, 0.29) is 47.2 Å². The molecule has 3 heterocycles. The Morgan fingerprint density at radius 1 is 1.26 bits per heavy atom. The molecule has 4 aromatic rings. The summed E-state index contributed by atoms with van der Waals surface area (Å²) in [5.74, 6) is -0.358. The van der Waals surface area contributed by atoms with Gasteiger partial charge in [0, 0.05) is 28.9 Å². The van der Waals surface area contributed by atoms with Crippen molar-refractivity contribution in [2.24, 2.45) is 0 Å². The number of rotatable bonds is 7. The predicted octanol–water partition coefficient (Wildman–Crippen LogP) is 5.34. The molecule has 0 spiro atoms. The van der Waals surface area contributed by atoms with Crippen LogP contribution < -0.4 is 5.32 Å². The highest BCUT2D eigenvalue weighted by atomic mass is 79.9. The highest BCUT2D eigenvalue weighted by Crippen LogP contribution is 2.41. The first-order valence-electron chi connectivity index (χ1n) is 10.7. The van der Waals surface area contributed by atoms with E-state index in [0.29, 0.717) is 21.4 Å². The van der Waals surface area contributed by atoms with Gasteiger partial charge in [0.25, 0.3) is 6.43 Å². The number of fused-ring (bicyclic) bond motifs is 1. The fourth-order valence-electron chi connectivity index (χ4n) is 3.95. The van der Waals surface area contributed by atoms with Gasteiger partial charge in [0.05, 0.1) is 22.1 Å². The molecule has 1 aromatic carbocycles. The highest BCUT2D eigenvalue weighted by Gasteiger charge is 2.29. The summed E-state index contributed by atoms with van der Waals surface area (Å²) in [6, 6.07) is 7.83. The van der Waals surface area contributed by atoms with Gasteiger partial charge in [-0.3, -0.25) is 9.48 Å². The Hall–Kier alpha value is -3.21. The molecule has 0 unspecified atom stereocenters. The van der Waals surface area contributed by atoms with E-state index in [1.807, 2.05) is 0 Å². The normalized spacial score (nSPS) is 13.7. The molecule has 1 aliphatic carbocycles. The topological polar surface area (TPSA) is 77.6 Å². The highest BCUT2D eigenvalue weighted by molar-refractivity contribution is 9.10. The molecule has 0 aliphatic heterocycles. The van der Waals surface area contributed by atoms with Crippen LogP contribution in [-0.4, -0.2) is 30.5 Å². The van der Waals surface area contributed by atoms with Crippen LogP contribution in [0.5, 0.6) is 0 Å². The second-order valence-corrected chi connectivity index (χ2v) is 9.17. The molecule has 0 saturated heterocycles. The maximum Gasteiger partial charge on any atom is 0.264 e. The molecular weight excluding hydrogens is 513 g/mol. The van der Waals surface area contributed by atoms with Gasteiger partial charge in [-0.25, -0.2) is 22.8 Å². The molecule has 1 amide bonds. The van der Waals surface area contributed by atoms with Crippen LogP contribution in [0.1, 0.15) is 47.7 Å². The minimum Gasteiger partial charge on any atom is -0.307 e. The number of nitrogens with zero attached hydrogens (tertiary/aromatic N) is 5. The van der Waals surface area contributed by atoms with Crippen LogP contribution >= 0.6 is 15.9 Å². The van der Waals surface area contributed by atoms with Gasteiger partial charge in [0.2, 0.25) is 5.91 Å². The van der Waals surface area contributed by atoms with Crippen molar-refractivity contribution in [3.8, 4) is 0 Å². The zero-order chi connectivity index (χ0) is 24.0. The van der Waals surface area contributed by atoms with Crippen molar-refractivity contribution in [1.29, 1.82) is 0 Å². The number of aromatic nitrogens is 5. The first-order valence-corrected chi connectivity index (χ1v) is 11.5. The average molecular weight is 533 g/mol. The van der Waals surface area contributed by atoms with Crippen LogP contribution in [0.3, 0.4) is 0 Å². The number of halogens is 4. The number of alkyl halides is 2. The minimum absolute atomic E-state index is 0.106. The number of hydrogen-bond acceptors (Lipinski definition) is 4. The number of carbonyl (C=O) groups excluding carboxylic acids is 1. The largest absolute Gasteiger partial charge is 0.307 e. The quantitative estimate of drug-likeness (QED) is 0.348. The van der Waals surface area contributed by atoms with Gasteiger partial charge in [-0.1, -0.05) is 18.2 Å². The Bertz CT molecular complexity index is 1400. The van der Waals surface area contributed by atoms with E-state index in [1.165, 1.54) is 21.5 Å². The molecule has 0 radical (unpaired) electrons. The van der Waals surface area contributed by atoms with E-state index in [9.17, 15) is 18.0 Å². The number of aryl methyl sites for hydroxylation is 1. The SMILES string of the molecule is Cc1nn(CC(=O)Nc2nn(Cc3ccccc3F)cc2Br)c2nc(C3CC3)cc(C(F)F)c12. The van der Waals surface area contributed by atoms with Gasteiger partial charge in [0.15, 0.2) is 11.5 Å².